The molecule has 2 aromatic rings. The van der Waals surface area contributed by atoms with Gasteiger partial charge >= 0.3 is 0 Å². The average molecular weight is 325 g/mol. The van der Waals surface area contributed by atoms with E-state index in [4.69, 9.17) is 26.8 Å². The number of hydrogen-bond donors (Lipinski definition) is 2. The van der Waals surface area contributed by atoms with E-state index in [0.29, 0.717) is 41.8 Å². The Morgan fingerprint density at radius 3 is 2.67 bits per heavy atom. The van der Waals surface area contributed by atoms with E-state index in [2.05, 4.69) is 5.32 Å². The second kappa shape index (κ2) is 5.83. The van der Waals surface area contributed by atoms with Crippen LogP contribution in [0.5, 0.6) is 11.5 Å². The first kappa shape index (κ1) is 14.0. The highest BCUT2D eigenvalue weighted by Gasteiger charge is 2.15. The fraction of sp³-hybridized carbons (Fsp3) is 0.214. The lowest BCUT2D eigenvalue weighted by Crippen LogP contribution is -2.15. The predicted molar refractivity (Wildman–Crippen MR) is 82.6 cm³/mol. The molecule has 0 unspecified atom stereocenters. The summed E-state index contributed by atoms with van der Waals surface area (Å²) < 4.78 is 11.0. The molecule has 0 atom stereocenters. The van der Waals surface area contributed by atoms with Gasteiger partial charge in [0.2, 0.25) is 5.91 Å². The number of fused-ring (bicyclic) bond motifs is 1. The third-order valence-electron chi connectivity index (χ3n) is 3.02. The van der Waals surface area contributed by atoms with Crippen LogP contribution < -0.4 is 20.5 Å². The number of nitrogens with one attached hydrogen (secondary N) is 1. The van der Waals surface area contributed by atoms with Crippen LogP contribution in [0.25, 0.3) is 0 Å². The van der Waals surface area contributed by atoms with Crippen molar-refractivity contribution in [3.05, 3.63) is 39.0 Å². The van der Waals surface area contributed by atoms with E-state index >= 15 is 0 Å². The van der Waals surface area contributed by atoms with Crippen LogP contribution in [0, 0.1) is 0 Å². The summed E-state index contributed by atoms with van der Waals surface area (Å²) in [7, 11) is 0. The minimum Gasteiger partial charge on any atom is -0.486 e. The minimum atomic E-state index is -0.421. The molecule has 0 saturated heterocycles. The molecule has 7 heteroatoms. The van der Waals surface area contributed by atoms with Gasteiger partial charge in [-0.2, -0.15) is 0 Å². The number of carbonyl (C=O) groups excluding carboxylic acids is 1. The predicted octanol–water partition coefficient (Wildman–Crippen LogP) is 2.88. The monoisotopic (exact) mass is 324 g/mol. The van der Waals surface area contributed by atoms with Crippen molar-refractivity contribution in [2.24, 2.45) is 5.73 Å². The number of halogens is 1. The molecule has 2 heterocycles. The van der Waals surface area contributed by atoms with Crippen LogP contribution in [0.1, 0.15) is 15.2 Å². The Morgan fingerprint density at radius 1 is 1.29 bits per heavy atom. The fourth-order valence-corrected chi connectivity index (χ4v) is 3.02. The molecule has 5 nitrogen and oxygen atoms in total. The summed E-state index contributed by atoms with van der Waals surface area (Å²) >= 11 is 7.68. The topological polar surface area (TPSA) is 73.6 Å². The van der Waals surface area contributed by atoms with Crippen molar-refractivity contribution in [3.8, 4) is 11.5 Å². The van der Waals surface area contributed by atoms with Gasteiger partial charge in [0, 0.05) is 28.9 Å². The van der Waals surface area contributed by atoms with Crippen LogP contribution in [-0.2, 0) is 6.54 Å². The third kappa shape index (κ3) is 3.06. The summed E-state index contributed by atoms with van der Waals surface area (Å²) in [5.74, 6) is 0.913. The Morgan fingerprint density at radius 2 is 2.00 bits per heavy atom. The smallest absolute Gasteiger partial charge is 0.249 e. The molecule has 0 bridgehead atoms. The van der Waals surface area contributed by atoms with Crippen molar-refractivity contribution in [2.45, 2.75) is 6.54 Å². The van der Waals surface area contributed by atoms with Crippen molar-refractivity contribution in [3.63, 3.8) is 0 Å². The highest BCUT2D eigenvalue weighted by Crippen LogP contribution is 2.38. The molecule has 0 spiro atoms. The zero-order valence-electron chi connectivity index (χ0n) is 11.0. The standard InChI is InChI=1S/C14H13ClN2O3S/c15-10-4-12-13(20-2-1-19-12)5-11(10)17-6-9-3-8(7-21-9)14(16)18/h3-5,7,17H,1-2,6H2,(H2,16,18). The number of nitrogens with two attached hydrogens (primary N) is 1. The Bertz CT molecular complexity index is 687. The zero-order valence-corrected chi connectivity index (χ0v) is 12.6. The van der Waals surface area contributed by atoms with Crippen LogP contribution in [0.15, 0.2) is 23.6 Å². The van der Waals surface area contributed by atoms with Gasteiger partial charge in [0.05, 0.1) is 16.3 Å². The fourth-order valence-electron chi connectivity index (χ4n) is 1.98. The Balaban J connectivity index is 1.73. The number of anilines is 1. The first-order valence-corrected chi connectivity index (χ1v) is 7.59. The quantitative estimate of drug-likeness (QED) is 0.907. The van der Waals surface area contributed by atoms with Gasteiger partial charge in [-0.15, -0.1) is 11.3 Å². The van der Waals surface area contributed by atoms with Crippen LogP contribution in [-0.4, -0.2) is 19.1 Å². The summed E-state index contributed by atoms with van der Waals surface area (Å²) in [6.45, 7) is 1.61. The highest BCUT2D eigenvalue weighted by molar-refractivity contribution is 7.10. The molecule has 1 aliphatic heterocycles. The molecule has 0 saturated carbocycles. The number of thiophene rings is 1. The Labute approximate surface area is 130 Å². The molecule has 1 aromatic heterocycles. The second-order valence-electron chi connectivity index (χ2n) is 4.50. The molecule has 1 aliphatic rings. The van der Waals surface area contributed by atoms with E-state index < -0.39 is 5.91 Å². The number of hydrogen-bond acceptors (Lipinski definition) is 5. The molecule has 0 fully saturated rings. The van der Waals surface area contributed by atoms with Gasteiger partial charge in [-0.3, -0.25) is 4.79 Å². The third-order valence-corrected chi connectivity index (χ3v) is 4.27. The van der Waals surface area contributed by atoms with Gasteiger partial charge < -0.3 is 20.5 Å². The Kier molecular flexibility index (Phi) is 3.90. The molecule has 110 valence electrons. The summed E-state index contributed by atoms with van der Waals surface area (Å²) in [5.41, 5.74) is 6.51. The summed E-state index contributed by atoms with van der Waals surface area (Å²) in [6.07, 6.45) is 0. The van der Waals surface area contributed by atoms with E-state index in [1.54, 1.807) is 17.5 Å². The maximum atomic E-state index is 11.1. The van der Waals surface area contributed by atoms with Gasteiger partial charge in [0.25, 0.3) is 0 Å². The molecular weight excluding hydrogens is 312 g/mol. The number of primary amides is 1. The summed E-state index contributed by atoms with van der Waals surface area (Å²) in [5, 5.41) is 5.52. The molecule has 21 heavy (non-hydrogen) atoms. The van der Waals surface area contributed by atoms with E-state index in [-0.39, 0.29) is 0 Å². The first-order valence-electron chi connectivity index (χ1n) is 6.34. The molecule has 3 N–H and O–H groups in total. The largest absolute Gasteiger partial charge is 0.486 e. The zero-order chi connectivity index (χ0) is 14.8. The van der Waals surface area contributed by atoms with Crippen LogP contribution in [0.4, 0.5) is 5.69 Å². The number of benzene rings is 1. The van der Waals surface area contributed by atoms with Crippen molar-refractivity contribution in [1.82, 2.24) is 0 Å². The normalized spacial score (nSPS) is 13.0. The molecule has 1 amide bonds. The second-order valence-corrected chi connectivity index (χ2v) is 5.90. The molecule has 0 radical (unpaired) electrons. The Hall–Kier alpha value is -1.92. The van der Waals surface area contributed by atoms with Gasteiger partial charge in [0.1, 0.15) is 13.2 Å². The van der Waals surface area contributed by atoms with Crippen LogP contribution in [0.2, 0.25) is 5.02 Å². The van der Waals surface area contributed by atoms with Gasteiger partial charge in [-0.1, -0.05) is 11.6 Å². The van der Waals surface area contributed by atoms with Crippen LogP contribution >= 0.6 is 22.9 Å². The van der Waals surface area contributed by atoms with E-state index in [1.807, 2.05) is 6.07 Å². The number of ether oxygens (including phenoxy) is 2. The molecule has 1 aromatic carbocycles. The number of carbonyl (C=O) groups is 1. The minimum absolute atomic E-state index is 0.421. The first-order chi connectivity index (χ1) is 10.1. The maximum absolute atomic E-state index is 11.1. The van der Waals surface area contributed by atoms with Gasteiger partial charge in [0.15, 0.2) is 11.5 Å². The maximum Gasteiger partial charge on any atom is 0.249 e. The number of amides is 1. The number of rotatable bonds is 4. The molecule has 0 aliphatic carbocycles. The highest BCUT2D eigenvalue weighted by atomic mass is 35.5. The lowest BCUT2D eigenvalue weighted by molar-refractivity contribution is 0.100. The summed E-state index contributed by atoms with van der Waals surface area (Å²) in [4.78, 5) is 12.1. The SMILES string of the molecule is NC(=O)c1csc(CNc2cc3c(cc2Cl)OCCO3)c1. The van der Waals surface area contributed by atoms with Gasteiger partial charge in [-0.05, 0) is 6.07 Å². The van der Waals surface area contributed by atoms with Gasteiger partial charge in [-0.25, -0.2) is 0 Å². The van der Waals surface area contributed by atoms with Crippen molar-refractivity contribution in [2.75, 3.05) is 18.5 Å². The average Bonchev–Trinajstić information content (AvgIpc) is 2.94. The van der Waals surface area contributed by atoms with E-state index in [9.17, 15) is 4.79 Å². The lowest BCUT2D eigenvalue weighted by Gasteiger charge is -2.20. The summed E-state index contributed by atoms with van der Waals surface area (Å²) in [6, 6.07) is 5.33. The van der Waals surface area contributed by atoms with Crippen molar-refractivity contribution >= 4 is 34.5 Å². The van der Waals surface area contributed by atoms with Crippen LogP contribution in [0.3, 0.4) is 0 Å². The molecule has 3 rings (SSSR count). The lowest BCUT2D eigenvalue weighted by atomic mass is 10.2. The van der Waals surface area contributed by atoms with E-state index in [0.717, 1.165) is 10.6 Å². The van der Waals surface area contributed by atoms with E-state index in [1.165, 1.54) is 11.3 Å². The van der Waals surface area contributed by atoms with Crippen molar-refractivity contribution < 1.29 is 14.3 Å². The molecular formula is C14H13ClN2O3S. The van der Waals surface area contributed by atoms with Crippen molar-refractivity contribution in [1.29, 1.82) is 0 Å².